The summed E-state index contributed by atoms with van der Waals surface area (Å²) in [5.74, 6) is -9.39. The van der Waals surface area contributed by atoms with Crippen molar-refractivity contribution in [3.63, 3.8) is 0 Å². The first-order chi connectivity index (χ1) is 12.8. The van der Waals surface area contributed by atoms with Crippen LogP contribution >= 0.6 is 0 Å². The van der Waals surface area contributed by atoms with Crippen LogP contribution < -0.4 is 5.73 Å². The molecular weight excluding hydrogens is 384 g/mol. The van der Waals surface area contributed by atoms with Gasteiger partial charge in [-0.1, -0.05) is 6.92 Å². The highest BCUT2D eigenvalue weighted by Gasteiger charge is 2.62. The van der Waals surface area contributed by atoms with Crippen LogP contribution in [0.5, 0.6) is 0 Å². The number of ether oxygens (including phenoxy) is 3. The summed E-state index contributed by atoms with van der Waals surface area (Å²) in [6, 6.07) is -1.75. The number of carboxylic acid groups (broad SMARTS) is 1. The number of aliphatic carboxylic acids is 1. The average molecular weight is 409 g/mol. The molecule has 0 radical (unpaired) electrons. The maximum Gasteiger partial charge on any atom is 0.372 e. The van der Waals surface area contributed by atoms with Crippen molar-refractivity contribution in [2.45, 2.75) is 76.9 Å². The molecule has 9 nitrogen and oxygen atoms in total. The number of halogens is 2. The first kappa shape index (κ1) is 23.9. The Balaban J connectivity index is 3.46. The zero-order chi connectivity index (χ0) is 21.8. The second kappa shape index (κ2) is 9.37. The van der Waals surface area contributed by atoms with E-state index < -0.39 is 72.4 Å². The summed E-state index contributed by atoms with van der Waals surface area (Å²) in [5, 5.41) is 9.12. The molecule has 0 spiro atoms. The largest absolute Gasteiger partial charge is 0.477 e. The number of esters is 2. The van der Waals surface area contributed by atoms with Gasteiger partial charge in [0.25, 0.3) is 0 Å². The summed E-state index contributed by atoms with van der Waals surface area (Å²) in [4.78, 5) is 45.9. The fourth-order valence-corrected chi connectivity index (χ4v) is 3.24. The number of alkyl halides is 2. The van der Waals surface area contributed by atoms with Gasteiger partial charge in [0.05, 0.1) is 0 Å². The van der Waals surface area contributed by atoms with E-state index in [0.29, 0.717) is 0 Å². The molecule has 1 saturated heterocycles. The van der Waals surface area contributed by atoms with Crippen LogP contribution in [0.25, 0.3) is 0 Å². The van der Waals surface area contributed by atoms with Gasteiger partial charge in [-0.2, -0.15) is 4.39 Å². The van der Waals surface area contributed by atoms with E-state index in [9.17, 15) is 28.0 Å². The van der Waals surface area contributed by atoms with Crippen molar-refractivity contribution in [1.29, 1.82) is 0 Å². The lowest BCUT2D eigenvalue weighted by molar-refractivity contribution is -0.286. The van der Waals surface area contributed by atoms with Crippen molar-refractivity contribution >= 4 is 23.7 Å². The molecule has 7 atom stereocenters. The molecule has 1 aliphatic rings. The van der Waals surface area contributed by atoms with Gasteiger partial charge in [0, 0.05) is 32.2 Å². The third-order valence-corrected chi connectivity index (χ3v) is 4.44. The highest BCUT2D eigenvalue weighted by atomic mass is 19.2. The third kappa shape index (κ3) is 5.22. The molecule has 28 heavy (non-hydrogen) atoms. The molecule has 1 heterocycles. The van der Waals surface area contributed by atoms with Crippen LogP contribution in [0.15, 0.2) is 0 Å². The fraction of sp³-hybridized carbons (Fsp3) is 0.765. The predicted molar refractivity (Wildman–Crippen MR) is 89.4 cm³/mol. The Kier molecular flexibility index (Phi) is 8.00. The van der Waals surface area contributed by atoms with Crippen molar-refractivity contribution in [2.24, 2.45) is 11.7 Å². The van der Waals surface area contributed by atoms with Gasteiger partial charge in [-0.25, -0.2) is 9.18 Å². The van der Waals surface area contributed by atoms with Crippen LogP contribution in [0.2, 0.25) is 0 Å². The van der Waals surface area contributed by atoms with Gasteiger partial charge < -0.3 is 29.8 Å². The zero-order valence-electron chi connectivity index (χ0n) is 16.0. The molecule has 0 bridgehead atoms. The molecule has 0 aromatic heterocycles. The van der Waals surface area contributed by atoms with Gasteiger partial charge in [0.2, 0.25) is 0 Å². The number of carboxylic acids is 1. The maximum atomic E-state index is 14.8. The highest BCUT2D eigenvalue weighted by molar-refractivity contribution is 5.78. The van der Waals surface area contributed by atoms with Gasteiger partial charge in [-0.05, 0) is 13.3 Å². The standard InChI is InChI=1S/C17H25F2NO8/c1-5-11(26-8(3)22)14(27-9(4)23)13-10(6-7(2)21)12(20)15(18)17(19,28-13)16(24)25/h10-15H,5-6,20H2,1-4H3,(H,24,25)/t10-,11-,12+,13?,14-,15?,17-/m1/s1. The molecule has 0 aromatic carbocycles. The van der Waals surface area contributed by atoms with E-state index >= 15 is 0 Å². The van der Waals surface area contributed by atoms with Crippen molar-refractivity contribution in [1.82, 2.24) is 0 Å². The van der Waals surface area contributed by atoms with Crippen molar-refractivity contribution in [3.05, 3.63) is 0 Å². The first-order valence-electron chi connectivity index (χ1n) is 8.68. The number of ketones is 1. The SMILES string of the molecule is CC[C@@H](OC(C)=O)[C@@H](OC(C)=O)C1O[C@@](F)(C(=O)O)C(F)[C@@H](N)[C@H]1CC(C)=O. The number of nitrogens with two attached hydrogens (primary N) is 1. The summed E-state index contributed by atoms with van der Waals surface area (Å²) in [5.41, 5.74) is 5.73. The molecule has 1 fully saturated rings. The quantitative estimate of drug-likeness (QED) is 0.553. The Bertz CT molecular complexity index is 630. The molecule has 1 rings (SSSR count). The lowest BCUT2D eigenvalue weighted by Gasteiger charge is -2.46. The second-order valence-electron chi connectivity index (χ2n) is 6.71. The van der Waals surface area contributed by atoms with Gasteiger partial charge in [0.1, 0.15) is 18.0 Å². The predicted octanol–water partition coefficient (Wildman–Crippen LogP) is 0.670. The van der Waals surface area contributed by atoms with Crippen molar-refractivity contribution in [3.8, 4) is 0 Å². The Labute approximate surface area is 160 Å². The molecule has 0 amide bonds. The Morgan fingerprint density at radius 2 is 1.71 bits per heavy atom. The summed E-state index contributed by atoms with van der Waals surface area (Å²) in [6.45, 7) is 4.84. The number of carbonyl (C=O) groups excluding carboxylic acids is 3. The highest BCUT2D eigenvalue weighted by Crippen LogP contribution is 2.40. The van der Waals surface area contributed by atoms with Crippen molar-refractivity contribution < 1.29 is 47.3 Å². The number of hydrogen-bond donors (Lipinski definition) is 2. The van der Waals surface area contributed by atoms with Crippen LogP contribution in [0.1, 0.15) is 40.5 Å². The van der Waals surface area contributed by atoms with Crippen LogP contribution in [0.4, 0.5) is 8.78 Å². The van der Waals surface area contributed by atoms with Gasteiger partial charge in [0.15, 0.2) is 12.3 Å². The van der Waals surface area contributed by atoms with Crippen LogP contribution in [0.3, 0.4) is 0 Å². The van der Waals surface area contributed by atoms with E-state index in [1.54, 1.807) is 6.92 Å². The molecule has 11 heteroatoms. The van der Waals surface area contributed by atoms with E-state index in [4.69, 9.17) is 25.1 Å². The summed E-state index contributed by atoms with van der Waals surface area (Å²) < 4.78 is 44.4. The van der Waals surface area contributed by atoms with Gasteiger partial charge in [-0.3, -0.25) is 9.59 Å². The number of carbonyl (C=O) groups is 4. The molecule has 3 N–H and O–H groups in total. The molecule has 0 aliphatic carbocycles. The Morgan fingerprint density at radius 3 is 2.11 bits per heavy atom. The number of Topliss-reactive ketones (excluding diaryl/α,β-unsaturated/α-hetero) is 1. The normalized spacial score (nSPS) is 32.1. The topological polar surface area (TPSA) is 142 Å². The van der Waals surface area contributed by atoms with E-state index in [2.05, 4.69) is 0 Å². The minimum Gasteiger partial charge on any atom is -0.477 e. The lowest BCUT2D eigenvalue weighted by atomic mass is 9.78. The number of rotatable bonds is 8. The van der Waals surface area contributed by atoms with E-state index in [-0.39, 0.29) is 6.42 Å². The molecule has 160 valence electrons. The van der Waals surface area contributed by atoms with Crippen LogP contribution in [0, 0.1) is 5.92 Å². The van der Waals surface area contributed by atoms with E-state index in [0.717, 1.165) is 13.8 Å². The number of hydrogen-bond acceptors (Lipinski definition) is 8. The Morgan fingerprint density at radius 1 is 1.18 bits per heavy atom. The first-order valence-corrected chi connectivity index (χ1v) is 8.68. The lowest BCUT2D eigenvalue weighted by Crippen LogP contribution is -2.68. The summed E-state index contributed by atoms with van der Waals surface area (Å²) >= 11 is 0. The van der Waals surface area contributed by atoms with E-state index in [1.165, 1.54) is 6.92 Å². The van der Waals surface area contributed by atoms with Crippen LogP contribution in [-0.2, 0) is 33.4 Å². The molecular formula is C17H25F2NO8. The zero-order valence-corrected chi connectivity index (χ0v) is 16.0. The average Bonchev–Trinajstić information content (AvgIpc) is 2.57. The second-order valence-corrected chi connectivity index (χ2v) is 6.71. The molecule has 0 saturated carbocycles. The van der Waals surface area contributed by atoms with Crippen LogP contribution in [-0.4, -0.2) is 65.2 Å². The Hall–Kier alpha value is -2.14. The molecule has 0 aromatic rings. The van der Waals surface area contributed by atoms with Crippen molar-refractivity contribution in [2.75, 3.05) is 0 Å². The minimum absolute atomic E-state index is 0.0742. The van der Waals surface area contributed by atoms with E-state index in [1.807, 2.05) is 0 Å². The smallest absolute Gasteiger partial charge is 0.372 e. The maximum absolute atomic E-state index is 14.8. The summed E-state index contributed by atoms with van der Waals surface area (Å²) in [7, 11) is 0. The van der Waals surface area contributed by atoms with Gasteiger partial charge in [-0.15, -0.1) is 0 Å². The molecule has 1 aliphatic heterocycles. The molecule has 2 unspecified atom stereocenters. The fourth-order valence-electron chi connectivity index (χ4n) is 3.24. The minimum atomic E-state index is -3.83. The third-order valence-electron chi connectivity index (χ3n) is 4.44. The monoisotopic (exact) mass is 409 g/mol. The summed E-state index contributed by atoms with van der Waals surface area (Å²) in [6.07, 6.45) is -7.43. The van der Waals surface area contributed by atoms with Gasteiger partial charge >= 0.3 is 23.8 Å².